The van der Waals surface area contributed by atoms with Gasteiger partial charge in [0.1, 0.15) is 4.90 Å². The van der Waals surface area contributed by atoms with E-state index in [2.05, 4.69) is 15.1 Å². The fourth-order valence-corrected chi connectivity index (χ4v) is 4.26. The van der Waals surface area contributed by atoms with Crippen molar-refractivity contribution >= 4 is 10.0 Å². The summed E-state index contributed by atoms with van der Waals surface area (Å²) in [5.74, 6) is 0. The summed E-state index contributed by atoms with van der Waals surface area (Å²) in [5, 5.41) is 7.20. The Morgan fingerprint density at radius 2 is 2.05 bits per heavy atom. The molecule has 7 heteroatoms. The smallest absolute Gasteiger partial charge is 0.244 e. The van der Waals surface area contributed by atoms with Crippen LogP contribution in [0.4, 0.5) is 0 Å². The van der Waals surface area contributed by atoms with E-state index in [4.69, 9.17) is 0 Å². The summed E-state index contributed by atoms with van der Waals surface area (Å²) in [5.41, 5.74) is -0.314. The van der Waals surface area contributed by atoms with Crippen LogP contribution in [-0.2, 0) is 16.6 Å². The summed E-state index contributed by atoms with van der Waals surface area (Å²) >= 11 is 0. The van der Waals surface area contributed by atoms with Gasteiger partial charge in [-0.15, -0.1) is 0 Å². The summed E-state index contributed by atoms with van der Waals surface area (Å²) in [7, 11) is -1.58. The van der Waals surface area contributed by atoms with Gasteiger partial charge in [-0.05, 0) is 39.8 Å². The van der Waals surface area contributed by atoms with Crippen LogP contribution in [0.3, 0.4) is 0 Å². The van der Waals surface area contributed by atoms with Crippen LogP contribution in [0.25, 0.3) is 0 Å². The third-order valence-corrected chi connectivity index (χ3v) is 5.66. The first-order chi connectivity index (χ1) is 9.95. The average molecular weight is 314 g/mol. The lowest BCUT2D eigenvalue weighted by atomic mass is 9.84. The molecule has 21 heavy (non-hydrogen) atoms. The molecule has 1 fully saturated rings. The Balaban J connectivity index is 2.02. The Bertz CT molecular complexity index is 547. The highest BCUT2D eigenvalue weighted by atomic mass is 32.2. The maximum absolute atomic E-state index is 12.5. The summed E-state index contributed by atoms with van der Waals surface area (Å²) in [6, 6.07) is 0. The predicted octanol–water partition coefficient (Wildman–Crippen LogP) is 1.49. The standard InChI is InChI=1S/C14H26N4O2S/c1-14(7-4-3-5-8-14)17-21(19,20)13-11-16-18(12-13)10-6-9-15-2/h11-12,15,17H,3-10H2,1-2H3. The van der Waals surface area contributed by atoms with Gasteiger partial charge < -0.3 is 5.32 Å². The molecule has 0 unspecified atom stereocenters. The van der Waals surface area contributed by atoms with E-state index in [0.29, 0.717) is 6.54 Å². The molecule has 0 spiro atoms. The van der Waals surface area contributed by atoms with Crippen LogP contribution in [0.15, 0.2) is 17.3 Å². The van der Waals surface area contributed by atoms with Gasteiger partial charge in [0, 0.05) is 18.3 Å². The number of aryl methyl sites for hydroxylation is 1. The minimum Gasteiger partial charge on any atom is -0.320 e. The zero-order valence-electron chi connectivity index (χ0n) is 12.9. The van der Waals surface area contributed by atoms with Gasteiger partial charge >= 0.3 is 0 Å². The lowest BCUT2D eigenvalue weighted by molar-refractivity contribution is 0.294. The molecule has 0 radical (unpaired) electrons. The Morgan fingerprint density at radius 1 is 1.33 bits per heavy atom. The van der Waals surface area contributed by atoms with Crippen LogP contribution >= 0.6 is 0 Å². The molecule has 1 saturated carbocycles. The normalized spacial score (nSPS) is 18.8. The van der Waals surface area contributed by atoms with E-state index in [9.17, 15) is 8.42 Å². The van der Waals surface area contributed by atoms with Crippen LogP contribution in [0, 0.1) is 0 Å². The number of hydrogen-bond acceptors (Lipinski definition) is 4. The molecule has 1 aliphatic carbocycles. The van der Waals surface area contributed by atoms with Crippen LogP contribution in [0.1, 0.15) is 45.4 Å². The molecule has 0 saturated heterocycles. The molecule has 1 aromatic rings. The van der Waals surface area contributed by atoms with Crippen molar-refractivity contribution < 1.29 is 8.42 Å². The Hall–Kier alpha value is -0.920. The van der Waals surface area contributed by atoms with E-state index >= 15 is 0 Å². The third-order valence-electron chi connectivity index (χ3n) is 4.07. The van der Waals surface area contributed by atoms with Crippen molar-refractivity contribution in [3.05, 3.63) is 12.4 Å². The topological polar surface area (TPSA) is 76.0 Å². The summed E-state index contributed by atoms with van der Waals surface area (Å²) in [6.45, 7) is 3.60. The highest BCUT2D eigenvalue weighted by Crippen LogP contribution is 2.29. The highest BCUT2D eigenvalue weighted by Gasteiger charge is 2.32. The molecule has 0 bridgehead atoms. The molecule has 1 aromatic heterocycles. The van der Waals surface area contributed by atoms with Gasteiger partial charge in [-0.2, -0.15) is 5.10 Å². The van der Waals surface area contributed by atoms with E-state index in [1.807, 2.05) is 14.0 Å². The van der Waals surface area contributed by atoms with Gasteiger partial charge in [0.15, 0.2) is 0 Å². The zero-order chi connectivity index (χ0) is 15.3. The van der Waals surface area contributed by atoms with Crippen molar-refractivity contribution in [2.75, 3.05) is 13.6 Å². The SMILES string of the molecule is CNCCCn1cc(S(=O)(=O)NC2(C)CCCCC2)cn1. The highest BCUT2D eigenvalue weighted by molar-refractivity contribution is 7.89. The van der Waals surface area contributed by atoms with Gasteiger partial charge in [-0.3, -0.25) is 4.68 Å². The van der Waals surface area contributed by atoms with E-state index in [1.54, 1.807) is 10.9 Å². The van der Waals surface area contributed by atoms with Crippen molar-refractivity contribution in [3.63, 3.8) is 0 Å². The Kier molecular flexibility index (Phi) is 5.40. The first-order valence-electron chi connectivity index (χ1n) is 7.66. The van der Waals surface area contributed by atoms with Crippen molar-refractivity contribution in [1.29, 1.82) is 0 Å². The number of rotatable bonds is 7. The lowest BCUT2D eigenvalue weighted by Crippen LogP contribution is -2.46. The van der Waals surface area contributed by atoms with Crippen molar-refractivity contribution in [2.24, 2.45) is 0 Å². The van der Waals surface area contributed by atoms with Gasteiger partial charge in [-0.1, -0.05) is 19.3 Å². The molecule has 2 rings (SSSR count). The second kappa shape index (κ2) is 6.89. The first-order valence-corrected chi connectivity index (χ1v) is 9.15. The van der Waals surface area contributed by atoms with Crippen LogP contribution in [-0.4, -0.2) is 37.3 Å². The Morgan fingerprint density at radius 3 is 2.71 bits per heavy atom. The fourth-order valence-electron chi connectivity index (χ4n) is 2.84. The number of nitrogens with zero attached hydrogens (tertiary/aromatic N) is 2. The maximum Gasteiger partial charge on any atom is 0.244 e. The number of sulfonamides is 1. The van der Waals surface area contributed by atoms with Crippen molar-refractivity contribution in [1.82, 2.24) is 19.8 Å². The lowest BCUT2D eigenvalue weighted by Gasteiger charge is -2.33. The second-order valence-corrected chi connectivity index (χ2v) is 7.81. The maximum atomic E-state index is 12.5. The molecule has 1 heterocycles. The largest absolute Gasteiger partial charge is 0.320 e. The summed E-state index contributed by atoms with van der Waals surface area (Å²) in [6.07, 6.45) is 9.15. The zero-order valence-corrected chi connectivity index (χ0v) is 13.7. The first kappa shape index (κ1) is 16.5. The molecule has 0 aliphatic heterocycles. The van der Waals surface area contributed by atoms with E-state index in [1.165, 1.54) is 12.6 Å². The second-order valence-electron chi connectivity index (χ2n) is 6.12. The van der Waals surface area contributed by atoms with Gasteiger partial charge in [-0.25, -0.2) is 13.1 Å². The third kappa shape index (κ3) is 4.52. The van der Waals surface area contributed by atoms with Gasteiger partial charge in [0.2, 0.25) is 10.0 Å². The molecule has 6 nitrogen and oxygen atoms in total. The molecule has 0 atom stereocenters. The molecule has 0 amide bonds. The molecular formula is C14H26N4O2S. The van der Waals surface area contributed by atoms with Crippen molar-refractivity contribution in [3.8, 4) is 0 Å². The molecule has 120 valence electrons. The summed E-state index contributed by atoms with van der Waals surface area (Å²) < 4.78 is 29.5. The average Bonchev–Trinajstić information content (AvgIpc) is 2.88. The van der Waals surface area contributed by atoms with Gasteiger partial charge in [0.05, 0.1) is 6.20 Å². The monoisotopic (exact) mass is 314 g/mol. The molecule has 0 aromatic carbocycles. The molecule has 1 aliphatic rings. The van der Waals surface area contributed by atoms with Crippen LogP contribution in [0.2, 0.25) is 0 Å². The van der Waals surface area contributed by atoms with E-state index in [0.717, 1.165) is 38.6 Å². The fraction of sp³-hybridized carbons (Fsp3) is 0.786. The number of aromatic nitrogens is 2. The summed E-state index contributed by atoms with van der Waals surface area (Å²) in [4.78, 5) is 0.263. The van der Waals surface area contributed by atoms with Gasteiger partial charge in [0.25, 0.3) is 0 Å². The van der Waals surface area contributed by atoms with Crippen LogP contribution < -0.4 is 10.0 Å². The van der Waals surface area contributed by atoms with Crippen LogP contribution in [0.5, 0.6) is 0 Å². The quantitative estimate of drug-likeness (QED) is 0.748. The Labute approximate surface area is 127 Å². The minimum absolute atomic E-state index is 0.263. The molecular weight excluding hydrogens is 288 g/mol. The predicted molar refractivity (Wildman–Crippen MR) is 82.6 cm³/mol. The number of nitrogens with one attached hydrogen (secondary N) is 2. The van der Waals surface area contributed by atoms with E-state index < -0.39 is 10.0 Å². The minimum atomic E-state index is -3.48. The molecule has 2 N–H and O–H groups in total. The van der Waals surface area contributed by atoms with E-state index in [-0.39, 0.29) is 10.4 Å². The van der Waals surface area contributed by atoms with Crippen molar-refractivity contribution in [2.45, 2.75) is 62.4 Å². The number of hydrogen-bond donors (Lipinski definition) is 2.